The van der Waals surface area contributed by atoms with Gasteiger partial charge in [0.1, 0.15) is 23.0 Å². The second-order valence-electron chi connectivity index (χ2n) is 13.4. The Balaban J connectivity index is 1.40. The van der Waals surface area contributed by atoms with Crippen LogP contribution in [0, 0.1) is 27.7 Å². The number of hydrogen-bond donors (Lipinski definition) is 4. The van der Waals surface area contributed by atoms with Gasteiger partial charge in [-0.15, -0.1) is 0 Å². The van der Waals surface area contributed by atoms with Gasteiger partial charge in [-0.25, -0.2) is 0 Å². The zero-order valence-corrected chi connectivity index (χ0v) is 28.3. The van der Waals surface area contributed by atoms with Gasteiger partial charge in [0.2, 0.25) is 0 Å². The lowest BCUT2D eigenvalue weighted by molar-refractivity contribution is 0.469. The molecule has 0 bridgehead atoms. The molecule has 0 aliphatic carbocycles. The van der Waals surface area contributed by atoms with Gasteiger partial charge in [-0.05, 0) is 133 Å². The molecule has 0 unspecified atom stereocenters. The summed E-state index contributed by atoms with van der Waals surface area (Å²) in [5.41, 5.74) is 10.7. The van der Waals surface area contributed by atoms with Crippen molar-refractivity contribution in [2.75, 3.05) is 0 Å². The first-order valence-corrected chi connectivity index (χ1v) is 16.2. The van der Waals surface area contributed by atoms with Gasteiger partial charge in [0.15, 0.2) is 0 Å². The van der Waals surface area contributed by atoms with Crippen molar-refractivity contribution in [2.45, 2.75) is 52.4 Å². The van der Waals surface area contributed by atoms with E-state index in [0.29, 0.717) is 0 Å². The standard InChI is InChI=1S/C44H42O4/c1-27-23-35(15-19-39(27)45)43(5,36-16-20-40(46)28(2)24-36)33-11-7-31(8-12-33)32-9-13-34(14-10-32)44(6,37-17-21-41(47)29(3)25-37)38-18-22-42(48)30(4)26-38/h7-26,45-48H,1-6H3. The molecule has 0 amide bonds. The maximum Gasteiger partial charge on any atom is 0.118 e. The highest BCUT2D eigenvalue weighted by Crippen LogP contribution is 2.44. The molecule has 0 atom stereocenters. The lowest BCUT2D eigenvalue weighted by atomic mass is 9.70. The van der Waals surface area contributed by atoms with Gasteiger partial charge in [0.25, 0.3) is 0 Å². The summed E-state index contributed by atoms with van der Waals surface area (Å²) in [6.07, 6.45) is 0. The first-order chi connectivity index (χ1) is 22.8. The van der Waals surface area contributed by atoms with Crippen molar-refractivity contribution in [3.63, 3.8) is 0 Å². The summed E-state index contributed by atoms with van der Waals surface area (Å²) in [4.78, 5) is 0. The Morgan fingerprint density at radius 1 is 0.312 bits per heavy atom. The third kappa shape index (κ3) is 5.58. The molecule has 0 spiro atoms. The predicted molar refractivity (Wildman–Crippen MR) is 194 cm³/mol. The number of phenolic OH excluding ortho intramolecular Hbond substituents is 4. The molecule has 0 aromatic heterocycles. The molecular formula is C44H42O4. The molecule has 0 saturated carbocycles. The largest absolute Gasteiger partial charge is 0.508 e. The molecule has 4 heteroatoms. The molecule has 6 rings (SSSR count). The zero-order valence-electron chi connectivity index (χ0n) is 28.3. The fraction of sp³-hybridized carbons (Fsp3) is 0.182. The maximum atomic E-state index is 10.3. The Morgan fingerprint density at radius 3 is 0.729 bits per heavy atom. The van der Waals surface area contributed by atoms with Crippen molar-refractivity contribution < 1.29 is 20.4 Å². The van der Waals surface area contributed by atoms with Crippen LogP contribution >= 0.6 is 0 Å². The maximum absolute atomic E-state index is 10.3. The second-order valence-corrected chi connectivity index (χ2v) is 13.4. The van der Waals surface area contributed by atoms with E-state index in [-0.39, 0.29) is 23.0 Å². The molecular weight excluding hydrogens is 592 g/mol. The monoisotopic (exact) mass is 634 g/mol. The predicted octanol–water partition coefficient (Wildman–Crippen LogP) is 10.1. The molecule has 0 heterocycles. The summed E-state index contributed by atoms with van der Waals surface area (Å²) >= 11 is 0. The Hall–Kier alpha value is -5.48. The minimum atomic E-state index is -0.536. The van der Waals surface area contributed by atoms with E-state index in [9.17, 15) is 20.4 Å². The number of rotatable bonds is 7. The van der Waals surface area contributed by atoms with Gasteiger partial charge in [-0.2, -0.15) is 0 Å². The molecule has 6 aromatic carbocycles. The summed E-state index contributed by atoms with van der Waals surface area (Å²) in [6, 6.07) is 40.3. The topological polar surface area (TPSA) is 80.9 Å². The van der Waals surface area contributed by atoms with Crippen molar-refractivity contribution in [2.24, 2.45) is 0 Å². The molecule has 0 fully saturated rings. The van der Waals surface area contributed by atoms with Crippen LogP contribution in [0.2, 0.25) is 0 Å². The van der Waals surface area contributed by atoms with Crippen LogP contribution in [-0.2, 0) is 10.8 Å². The van der Waals surface area contributed by atoms with Gasteiger partial charge >= 0.3 is 0 Å². The van der Waals surface area contributed by atoms with Gasteiger partial charge in [0.05, 0.1) is 0 Å². The third-order valence-corrected chi connectivity index (χ3v) is 10.4. The average Bonchev–Trinajstić information content (AvgIpc) is 3.09. The number of phenols is 4. The highest BCUT2D eigenvalue weighted by molar-refractivity contribution is 5.67. The number of aryl methyl sites for hydroxylation is 4. The average molecular weight is 635 g/mol. The highest BCUT2D eigenvalue weighted by Gasteiger charge is 2.33. The fourth-order valence-corrected chi connectivity index (χ4v) is 6.86. The van der Waals surface area contributed by atoms with E-state index < -0.39 is 10.8 Å². The Kier molecular flexibility index (Phi) is 8.30. The second kappa shape index (κ2) is 12.3. The van der Waals surface area contributed by atoms with Gasteiger partial charge < -0.3 is 20.4 Å². The Morgan fingerprint density at radius 2 is 0.521 bits per heavy atom. The van der Waals surface area contributed by atoms with E-state index in [0.717, 1.165) is 66.8 Å². The normalized spacial score (nSPS) is 11.9. The Labute approximate surface area is 283 Å². The number of aromatic hydroxyl groups is 4. The van der Waals surface area contributed by atoms with Gasteiger partial charge in [-0.3, -0.25) is 0 Å². The summed E-state index contributed by atoms with van der Waals surface area (Å²) in [7, 11) is 0. The van der Waals surface area contributed by atoms with Crippen molar-refractivity contribution in [1.82, 2.24) is 0 Å². The van der Waals surface area contributed by atoms with Crippen LogP contribution in [-0.4, -0.2) is 20.4 Å². The minimum Gasteiger partial charge on any atom is -0.508 e. The van der Waals surface area contributed by atoms with Crippen molar-refractivity contribution in [1.29, 1.82) is 0 Å². The Bertz CT molecular complexity index is 1870. The zero-order chi connectivity index (χ0) is 34.4. The smallest absolute Gasteiger partial charge is 0.118 e. The molecule has 0 saturated heterocycles. The minimum absolute atomic E-state index is 0.263. The van der Waals surface area contributed by atoms with Crippen LogP contribution in [0.4, 0.5) is 0 Å². The van der Waals surface area contributed by atoms with Crippen molar-refractivity contribution in [3.8, 4) is 34.1 Å². The fourth-order valence-electron chi connectivity index (χ4n) is 6.86. The van der Waals surface area contributed by atoms with Crippen LogP contribution in [0.3, 0.4) is 0 Å². The van der Waals surface area contributed by atoms with Crippen LogP contribution in [0.15, 0.2) is 121 Å². The molecule has 4 N–H and O–H groups in total. The molecule has 48 heavy (non-hydrogen) atoms. The lowest BCUT2D eigenvalue weighted by Gasteiger charge is -2.33. The number of hydrogen-bond acceptors (Lipinski definition) is 4. The van der Waals surface area contributed by atoms with E-state index in [1.54, 1.807) is 24.3 Å². The van der Waals surface area contributed by atoms with E-state index in [4.69, 9.17) is 0 Å². The van der Waals surface area contributed by atoms with Crippen LogP contribution in [0.5, 0.6) is 23.0 Å². The third-order valence-electron chi connectivity index (χ3n) is 10.4. The van der Waals surface area contributed by atoms with Crippen LogP contribution in [0.25, 0.3) is 11.1 Å². The first kappa shape index (κ1) is 32.5. The van der Waals surface area contributed by atoms with Crippen LogP contribution < -0.4 is 0 Å². The SMILES string of the molecule is Cc1cc(C(C)(c2ccc(-c3ccc(C(C)(c4ccc(O)c(C)c4)c4ccc(O)c(C)c4)cc3)cc2)c2ccc(O)c(C)c2)ccc1O. The van der Waals surface area contributed by atoms with Gasteiger partial charge in [0, 0.05) is 10.8 Å². The summed E-state index contributed by atoms with van der Waals surface area (Å²) in [6.45, 7) is 12.0. The van der Waals surface area contributed by atoms with E-state index in [1.165, 1.54) is 0 Å². The first-order valence-electron chi connectivity index (χ1n) is 16.2. The highest BCUT2D eigenvalue weighted by atomic mass is 16.3. The van der Waals surface area contributed by atoms with E-state index in [1.807, 2.05) is 76.2 Å². The summed E-state index contributed by atoms with van der Waals surface area (Å²) in [5.74, 6) is 1.05. The molecule has 0 aliphatic heterocycles. The molecule has 4 nitrogen and oxygen atoms in total. The lowest BCUT2D eigenvalue weighted by Crippen LogP contribution is -2.25. The van der Waals surface area contributed by atoms with Crippen LogP contribution in [0.1, 0.15) is 69.5 Å². The molecule has 0 radical (unpaired) electrons. The van der Waals surface area contributed by atoms with Crippen molar-refractivity contribution >= 4 is 0 Å². The molecule has 6 aromatic rings. The molecule has 0 aliphatic rings. The van der Waals surface area contributed by atoms with E-state index >= 15 is 0 Å². The summed E-state index contributed by atoms with van der Waals surface area (Å²) < 4.78 is 0. The quantitative estimate of drug-likeness (QED) is 0.132. The van der Waals surface area contributed by atoms with E-state index in [2.05, 4.69) is 62.4 Å². The van der Waals surface area contributed by atoms with Crippen molar-refractivity contribution in [3.05, 3.63) is 177 Å². The van der Waals surface area contributed by atoms with Gasteiger partial charge in [-0.1, -0.05) is 97.1 Å². The summed E-state index contributed by atoms with van der Waals surface area (Å²) in [5, 5.41) is 41.1. The number of benzene rings is 6. The molecule has 242 valence electrons.